The van der Waals surface area contributed by atoms with E-state index in [0.717, 1.165) is 31.7 Å². The molecule has 2 aliphatic carbocycles. The minimum absolute atomic E-state index is 0.188. The van der Waals surface area contributed by atoms with E-state index in [1.54, 1.807) is 0 Å². The fourth-order valence-corrected chi connectivity index (χ4v) is 5.63. The van der Waals surface area contributed by atoms with Crippen LogP contribution in [0.15, 0.2) is 36.9 Å². The summed E-state index contributed by atoms with van der Waals surface area (Å²) in [7, 11) is 0. The van der Waals surface area contributed by atoms with Crippen LogP contribution in [0.2, 0.25) is 0 Å². The number of nitriles is 1. The number of hydrogen-bond donors (Lipinski definition) is 1. The summed E-state index contributed by atoms with van der Waals surface area (Å²) in [6.45, 7) is 5.77. The molecule has 0 radical (unpaired) electrons. The lowest BCUT2D eigenvalue weighted by Gasteiger charge is -2.57. The number of nitrogens with zero attached hydrogens (tertiary/aromatic N) is 2. The Labute approximate surface area is 141 Å². The third-order valence-corrected chi connectivity index (χ3v) is 6.49. The zero-order valence-electron chi connectivity index (χ0n) is 13.5. The molecule has 5 rings (SSSR count). The molecule has 1 aromatic carbocycles. The summed E-state index contributed by atoms with van der Waals surface area (Å²) < 4.78 is 6.25. The van der Waals surface area contributed by atoms with Crippen LogP contribution in [0.5, 0.6) is 5.75 Å². The van der Waals surface area contributed by atoms with Gasteiger partial charge in [-0.25, -0.2) is 0 Å². The van der Waals surface area contributed by atoms with Crippen LogP contribution >= 0.6 is 0 Å². The monoisotopic (exact) mass is 320 g/mol. The molecular formula is C20H20N2O2. The van der Waals surface area contributed by atoms with Gasteiger partial charge >= 0.3 is 0 Å². The van der Waals surface area contributed by atoms with Gasteiger partial charge in [0.2, 0.25) is 0 Å². The third-order valence-electron chi connectivity index (χ3n) is 6.49. The number of likely N-dealkylation sites (tertiary alicyclic amines) is 1. The van der Waals surface area contributed by atoms with E-state index in [0.29, 0.717) is 17.5 Å². The van der Waals surface area contributed by atoms with Gasteiger partial charge in [-0.2, -0.15) is 5.26 Å². The molecule has 2 heterocycles. The average molecular weight is 320 g/mol. The minimum atomic E-state index is -0.613. The zero-order valence-corrected chi connectivity index (χ0v) is 13.5. The molecule has 1 saturated heterocycles. The van der Waals surface area contributed by atoms with Gasteiger partial charge < -0.3 is 9.84 Å². The van der Waals surface area contributed by atoms with Gasteiger partial charge in [0, 0.05) is 29.5 Å². The van der Waals surface area contributed by atoms with Crippen molar-refractivity contribution in [3.63, 3.8) is 0 Å². The first-order chi connectivity index (χ1) is 11.7. The van der Waals surface area contributed by atoms with Crippen LogP contribution in [0.1, 0.15) is 23.1 Å². The Bertz CT molecular complexity index is 809. The molecule has 5 atom stereocenters. The zero-order chi connectivity index (χ0) is 16.5. The average Bonchev–Trinajstić information content (AvgIpc) is 2.94. The summed E-state index contributed by atoms with van der Waals surface area (Å²) in [5.41, 5.74) is 2.89. The molecule has 4 aliphatic rings. The second kappa shape index (κ2) is 4.72. The van der Waals surface area contributed by atoms with E-state index in [-0.39, 0.29) is 11.5 Å². The Morgan fingerprint density at radius 2 is 2.33 bits per heavy atom. The van der Waals surface area contributed by atoms with Gasteiger partial charge in [0.25, 0.3) is 0 Å². The van der Waals surface area contributed by atoms with Gasteiger partial charge in [-0.1, -0.05) is 24.3 Å². The van der Waals surface area contributed by atoms with Crippen LogP contribution in [0.3, 0.4) is 0 Å². The number of piperidine rings is 1. The molecule has 2 bridgehead atoms. The Balaban J connectivity index is 1.77. The number of benzene rings is 1. The van der Waals surface area contributed by atoms with Crippen molar-refractivity contribution in [3.8, 4) is 11.8 Å². The van der Waals surface area contributed by atoms with Gasteiger partial charge in [0.05, 0.1) is 5.56 Å². The van der Waals surface area contributed by atoms with Crippen molar-refractivity contribution in [1.82, 2.24) is 4.90 Å². The molecule has 3 unspecified atom stereocenters. The summed E-state index contributed by atoms with van der Waals surface area (Å²) in [6.07, 6.45) is 7.08. The minimum Gasteiger partial charge on any atom is -0.485 e. The standard InChI is InChI=1S/C20H20N2O2/c1-2-8-22-9-7-20-14-5-6-16(23)19(20)24-18-13(11-21)4-3-12(17(18)20)10-15(14)22/h2-6,14-16,19,23H,1,7-10H2/t14?,15-,16?,19?,20+/m1/s1. The Morgan fingerprint density at radius 3 is 3.12 bits per heavy atom. The van der Waals surface area contributed by atoms with E-state index >= 15 is 0 Å². The lowest BCUT2D eigenvalue weighted by molar-refractivity contribution is -0.0486. The smallest absolute Gasteiger partial charge is 0.141 e. The summed E-state index contributed by atoms with van der Waals surface area (Å²) in [6, 6.07) is 6.63. The number of aliphatic hydroxyl groups excluding tert-OH is 1. The van der Waals surface area contributed by atoms with Gasteiger partial charge in [-0.15, -0.1) is 6.58 Å². The molecule has 0 aromatic heterocycles. The molecule has 4 heteroatoms. The molecule has 1 spiro atoms. The molecule has 2 aliphatic heterocycles. The Morgan fingerprint density at radius 1 is 1.46 bits per heavy atom. The molecule has 1 aromatic rings. The van der Waals surface area contributed by atoms with Gasteiger partial charge in [0.15, 0.2) is 0 Å². The lowest BCUT2D eigenvalue weighted by atomic mass is 9.53. The first-order valence-corrected chi connectivity index (χ1v) is 8.65. The molecule has 4 nitrogen and oxygen atoms in total. The third kappa shape index (κ3) is 1.50. The quantitative estimate of drug-likeness (QED) is 0.846. The van der Waals surface area contributed by atoms with Gasteiger partial charge in [-0.05, 0) is 31.0 Å². The highest BCUT2D eigenvalue weighted by Gasteiger charge is 2.64. The summed E-state index contributed by atoms with van der Waals surface area (Å²) in [5.74, 6) is 1.05. The topological polar surface area (TPSA) is 56.5 Å². The first kappa shape index (κ1) is 14.3. The van der Waals surface area contributed by atoms with E-state index in [2.05, 4.69) is 29.7 Å². The van der Waals surface area contributed by atoms with Crippen LogP contribution in [0.4, 0.5) is 0 Å². The Kier molecular flexibility index (Phi) is 2.81. The van der Waals surface area contributed by atoms with Crippen LogP contribution < -0.4 is 4.74 Å². The van der Waals surface area contributed by atoms with Crippen molar-refractivity contribution in [2.45, 2.75) is 36.5 Å². The molecule has 122 valence electrons. The second-order valence-corrected chi connectivity index (χ2v) is 7.37. The van der Waals surface area contributed by atoms with Crippen LogP contribution in [0, 0.1) is 17.2 Å². The van der Waals surface area contributed by atoms with Crippen LogP contribution in [-0.2, 0) is 11.8 Å². The fourth-order valence-electron chi connectivity index (χ4n) is 5.63. The number of rotatable bonds is 2. The first-order valence-electron chi connectivity index (χ1n) is 8.65. The molecule has 24 heavy (non-hydrogen) atoms. The summed E-state index contributed by atoms with van der Waals surface area (Å²) >= 11 is 0. The summed E-state index contributed by atoms with van der Waals surface area (Å²) in [5, 5.41) is 20.1. The number of ether oxygens (including phenoxy) is 1. The van der Waals surface area contributed by atoms with Crippen LogP contribution in [-0.4, -0.2) is 41.3 Å². The van der Waals surface area contributed by atoms with Crippen molar-refractivity contribution in [2.24, 2.45) is 5.92 Å². The highest BCUT2D eigenvalue weighted by Crippen LogP contribution is 2.61. The van der Waals surface area contributed by atoms with Gasteiger partial charge in [0.1, 0.15) is 24.0 Å². The van der Waals surface area contributed by atoms with Gasteiger partial charge in [-0.3, -0.25) is 4.90 Å². The second-order valence-electron chi connectivity index (χ2n) is 7.37. The van der Waals surface area contributed by atoms with E-state index < -0.39 is 6.10 Å². The number of hydrogen-bond acceptors (Lipinski definition) is 4. The summed E-state index contributed by atoms with van der Waals surface area (Å²) in [4.78, 5) is 2.50. The molecular weight excluding hydrogens is 300 g/mol. The van der Waals surface area contributed by atoms with E-state index in [1.165, 1.54) is 11.1 Å². The Hall–Kier alpha value is -2.09. The molecule has 1 fully saturated rings. The predicted molar refractivity (Wildman–Crippen MR) is 89.8 cm³/mol. The van der Waals surface area contributed by atoms with Crippen molar-refractivity contribution in [3.05, 3.63) is 53.6 Å². The van der Waals surface area contributed by atoms with Crippen molar-refractivity contribution in [2.75, 3.05) is 13.1 Å². The predicted octanol–water partition coefficient (Wildman–Crippen LogP) is 1.92. The highest BCUT2D eigenvalue weighted by atomic mass is 16.5. The van der Waals surface area contributed by atoms with E-state index in [9.17, 15) is 10.4 Å². The maximum absolute atomic E-state index is 10.6. The maximum Gasteiger partial charge on any atom is 0.141 e. The largest absolute Gasteiger partial charge is 0.485 e. The molecule has 0 saturated carbocycles. The number of aliphatic hydroxyl groups is 1. The van der Waals surface area contributed by atoms with Crippen molar-refractivity contribution >= 4 is 0 Å². The van der Waals surface area contributed by atoms with Crippen molar-refractivity contribution < 1.29 is 9.84 Å². The van der Waals surface area contributed by atoms with E-state index in [4.69, 9.17) is 4.74 Å². The van der Waals surface area contributed by atoms with E-state index in [1.807, 2.05) is 18.2 Å². The maximum atomic E-state index is 10.6. The van der Waals surface area contributed by atoms with Crippen molar-refractivity contribution in [1.29, 1.82) is 5.26 Å². The molecule has 0 amide bonds. The fraction of sp³-hybridized carbons (Fsp3) is 0.450. The highest BCUT2D eigenvalue weighted by molar-refractivity contribution is 5.62. The normalized spacial score (nSPS) is 38.2. The SMILES string of the molecule is C=CCN1CC[C@]23c4c5ccc(C#N)c4OC2C(O)C=CC3[C@H]1C5. The molecule has 1 N–H and O–H groups in total. The van der Waals surface area contributed by atoms with Crippen LogP contribution in [0.25, 0.3) is 0 Å². The lowest BCUT2D eigenvalue weighted by Crippen LogP contribution is -2.65.